The highest BCUT2D eigenvalue weighted by Gasteiger charge is 2.29. The highest BCUT2D eigenvalue weighted by molar-refractivity contribution is 6.30. The van der Waals surface area contributed by atoms with Gasteiger partial charge in [0.25, 0.3) is 5.91 Å². The number of amides is 1. The molecule has 0 fully saturated rings. The number of benzene rings is 2. The number of rotatable bonds is 3. The van der Waals surface area contributed by atoms with Crippen LogP contribution in [0, 0.1) is 0 Å². The summed E-state index contributed by atoms with van der Waals surface area (Å²) in [5, 5.41) is 0.641. The highest BCUT2D eigenvalue weighted by Crippen LogP contribution is 2.36. The van der Waals surface area contributed by atoms with Crippen molar-refractivity contribution in [1.82, 2.24) is 0 Å². The zero-order valence-corrected chi connectivity index (χ0v) is 12.8. The molecule has 0 saturated heterocycles. The van der Waals surface area contributed by atoms with E-state index < -0.39 is 0 Å². The Kier molecular flexibility index (Phi) is 3.86. The summed E-state index contributed by atoms with van der Waals surface area (Å²) in [6.07, 6.45) is 0. The van der Waals surface area contributed by atoms with E-state index >= 15 is 0 Å². The van der Waals surface area contributed by atoms with Crippen LogP contribution in [0.4, 0.5) is 5.69 Å². The van der Waals surface area contributed by atoms with Gasteiger partial charge in [0.05, 0.1) is 12.2 Å². The molecule has 22 heavy (non-hydrogen) atoms. The molecular formula is C17H14ClNO3. The molecule has 5 heteroatoms. The molecule has 0 N–H and O–H groups in total. The Morgan fingerprint density at radius 3 is 2.64 bits per heavy atom. The number of fused-ring (bicyclic) bond motifs is 1. The third-order valence-electron chi connectivity index (χ3n) is 3.55. The fourth-order valence-corrected chi connectivity index (χ4v) is 2.61. The van der Waals surface area contributed by atoms with E-state index in [4.69, 9.17) is 16.3 Å². The van der Waals surface area contributed by atoms with Gasteiger partial charge >= 0.3 is 0 Å². The Bertz CT molecular complexity index is 740. The fourth-order valence-electron chi connectivity index (χ4n) is 2.48. The van der Waals surface area contributed by atoms with E-state index in [1.54, 1.807) is 35.2 Å². The van der Waals surface area contributed by atoms with Crippen molar-refractivity contribution in [1.29, 1.82) is 0 Å². The average molecular weight is 316 g/mol. The second kappa shape index (κ2) is 5.81. The zero-order valence-electron chi connectivity index (χ0n) is 12.0. The van der Waals surface area contributed by atoms with Gasteiger partial charge in [-0.3, -0.25) is 9.59 Å². The van der Waals surface area contributed by atoms with E-state index in [0.29, 0.717) is 28.6 Å². The molecular weight excluding hydrogens is 302 g/mol. The predicted octanol–water partition coefficient (Wildman–Crippen LogP) is 3.47. The summed E-state index contributed by atoms with van der Waals surface area (Å²) in [7, 11) is 0. The SMILES string of the molecule is CC(=O)c1cccc2c1N(Cc1ccc(Cl)cc1)C(=O)CO2. The van der Waals surface area contributed by atoms with E-state index in [9.17, 15) is 9.59 Å². The predicted molar refractivity (Wildman–Crippen MR) is 84.6 cm³/mol. The molecule has 4 nitrogen and oxygen atoms in total. The lowest BCUT2D eigenvalue weighted by atomic mass is 10.1. The quantitative estimate of drug-likeness (QED) is 0.815. The molecule has 1 amide bonds. The standard InChI is InChI=1S/C17H14ClNO3/c1-11(20)14-3-2-4-15-17(14)19(16(21)10-22-15)9-12-5-7-13(18)8-6-12/h2-8H,9-10H2,1H3. The van der Waals surface area contributed by atoms with Crippen LogP contribution in [0.25, 0.3) is 0 Å². The summed E-state index contributed by atoms with van der Waals surface area (Å²) in [6.45, 7) is 1.83. The number of ketones is 1. The summed E-state index contributed by atoms with van der Waals surface area (Å²) in [5.74, 6) is 0.286. The fraction of sp³-hybridized carbons (Fsp3) is 0.176. The number of Topliss-reactive ketones (excluding diaryl/α,β-unsaturated/α-hetero) is 1. The Labute approximate surface area is 133 Å². The zero-order chi connectivity index (χ0) is 15.7. The topological polar surface area (TPSA) is 46.6 Å². The first-order valence-corrected chi connectivity index (χ1v) is 7.25. The minimum Gasteiger partial charge on any atom is -0.482 e. The van der Waals surface area contributed by atoms with Gasteiger partial charge in [-0.25, -0.2) is 0 Å². The van der Waals surface area contributed by atoms with Crippen LogP contribution in [0.15, 0.2) is 42.5 Å². The molecule has 0 radical (unpaired) electrons. The molecule has 2 aromatic rings. The number of carbonyl (C=O) groups is 2. The van der Waals surface area contributed by atoms with Crippen LogP contribution in [0.1, 0.15) is 22.8 Å². The summed E-state index contributed by atoms with van der Waals surface area (Å²) in [5.41, 5.74) is 1.96. The van der Waals surface area contributed by atoms with Gasteiger partial charge in [0.2, 0.25) is 0 Å². The van der Waals surface area contributed by atoms with E-state index in [1.807, 2.05) is 12.1 Å². The lowest BCUT2D eigenvalue weighted by molar-refractivity contribution is -0.121. The van der Waals surface area contributed by atoms with Crippen molar-refractivity contribution in [2.75, 3.05) is 11.5 Å². The average Bonchev–Trinajstić information content (AvgIpc) is 2.51. The van der Waals surface area contributed by atoms with Crippen molar-refractivity contribution in [2.24, 2.45) is 0 Å². The number of ether oxygens (including phenoxy) is 1. The van der Waals surface area contributed by atoms with Crippen LogP contribution >= 0.6 is 11.6 Å². The molecule has 0 bridgehead atoms. The minimum absolute atomic E-state index is 0.0258. The van der Waals surface area contributed by atoms with Gasteiger partial charge in [0, 0.05) is 10.6 Å². The molecule has 0 unspecified atom stereocenters. The van der Waals surface area contributed by atoms with E-state index in [2.05, 4.69) is 0 Å². The molecule has 0 atom stereocenters. The summed E-state index contributed by atoms with van der Waals surface area (Å²) in [6, 6.07) is 12.5. The first-order valence-electron chi connectivity index (χ1n) is 6.88. The Morgan fingerprint density at radius 2 is 1.95 bits per heavy atom. The molecule has 3 rings (SSSR count). The molecule has 2 aromatic carbocycles. The Hall–Kier alpha value is -2.33. The maximum atomic E-state index is 12.3. The highest BCUT2D eigenvalue weighted by atomic mass is 35.5. The first kappa shape index (κ1) is 14.6. The number of hydrogen-bond donors (Lipinski definition) is 0. The van der Waals surface area contributed by atoms with Gasteiger partial charge in [-0.1, -0.05) is 29.8 Å². The monoisotopic (exact) mass is 315 g/mol. The van der Waals surface area contributed by atoms with Crippen LogP contribution in [0.2, 0.25) is 5.02 Å². The summed E-state index contributed by atoms with van der Waals surface area (Å²) < 4.78 is 5.45. The molecule has 1 aliphatic heterocycles. The van der Waals surface area contributed by atoms with Crippen LogP contribution in [0.5, 0.6) is 5.75 Å². The number of anilines is 1. The van der Waals surface area contributed by atoms with Crippen LogP contribution in [-0.2, 0) is 11.3 Å². The molecule has 0 saturated carbocycles. The lowest BCUT2D eigenvalue weighted by Gasteiger charge is -2.31. The largest absolute Gasteiger partial charge is 0.482 e. The van der Waals surface area contributed by atoms with Crippen molar-refractivity contribution >= 4 is 29.0 Å². The molecule has 0 aliphatic carbocycles. The summed E-state index contributed by atoms with van der Waals surface area (Å²) in [4.78, 5) is 25.7. The van der Waals surface area contributed by atoms with Crippen LogP contribution < -0.4 is 9.64 Å². The Balaban J connectivity index is 2.03. The summed E-state index contributed by atoms with van der Waals surface area (Å²) >= 11 is 5.89. The Morgan fingerprint density at radius 1 is 1.23 bits per heavy atom. The number of para-hydroxylation sites is 1. The van der Waals surface area contributed by atoms with Gasteiger partial charge in [-0.2, -0.15) is 0 Å². The second-order valence-corrected chi connectivity index (χ2v) is 5.54. The molecule has 112 valence electrons. The van der Waals surface area contributed by atoms with Gasteiger partial charge in [0.1, 0.15) is 5.75 Å². The number of halogens is 1. The molecule has 0 aromatic heterocycles. The van der Waals surface area contributed by atoms with Gasteiger partial charge in [-0.15, -0.1) is 0 Å². The molecule has 1 aliphatic rings. The number of hydrogen-bond acceptors (Lipinski definition) is 3. The minimum atomic E-state index is -0.170. The van der Waals surface area contributed by atoms with Crippen molar-refractivity contribution in [2.45, 2.75) is 13.5 Å². The van der Waals surface area contributed by atoms with E-state index in [1.165, 1.54) is 6.92 Å². The maximum absolute atomic E-state index is 12.3. The van der Waals surface area contributed by atoms with Crippen molar-refractivity contribution in [3.63, 3.8) is 0 Å². The lowest BCUT2D eigenvalue weighted by Crippen LogP contribution is -2.39. The third kappa shape index (κ3) is 2.70. The van der Waals surface area contributed by atoms with E-state index in [0.717, 1.165) is 5.56 Å². The van der Waals surface area contributed by atoms with Gasteiger partial charge in [-0.05, 0) is 36.8 Å². The first-order chi connectivity index (χ1) is 10.6. The van der Waals surface area contributed by atoms with Crippen molar-refractivity contribution < 1.29 is 14.3 Å². The third-order valence-corrected chi connectivity index (χ3v) is 3.81. The van der Waals surface area contributed by atoms with Crippen LogP contribution in [0.3, 0.4) is 0 Å². The normalized spacial score (nSPS) is 13.5. The van der Waals surface area contributed by atoms with Crippen molar-refractivity contribution in [3.05, 3.63) is 58.6 Å². The van der Waals surface area contributed by atoms with Crippen LogP contribution in [-0.4, -0.2) is 18.3 Å². The van der Waals surface area contributed by atoms with Gasteiger partial charge < -0.3 is 9.64 Å². The second-order valence-electron chi connectivity index (χ2n) is 5.10. The number of carbonyl (C=O) groups excluding carboxylic acids is 2. The van der Waals surface area contributed by atoms with E-state index in [-0.39, 0.29) is 18.3 Å². The molecule has 1 heterocycles. The van der Waals surface area contributed by atoms with Gasteiger partial charge in [0.15, 0.2) is 12.4 Å². The van der Waals surface area contributed by atoms with Crippen molar-refractivity contribution in [3.8, 4) is 5.75 Å². The number of nitrogens with zero attached hydrogens (tertiary/aromatic N) is 1. The molecule has 0 spiro atoms. The smallest absolute Gasteiger partial charge is 0.265 e. The maximum Gasteiger partial charge on any atom is 0.265 e.